The number of hydrogen-bond donors (Lipinski definition) is 5. The standard InChI is InChI=1S/C56H70N8O7S3/c1-38-35-63(37-60-38)47-24-16-41(34-48(47)71-3)33-45-11-10-30-64(55(45)69)39(2)42-20-22-44(23-21-42)54(68)43-18-14-40(15-19-43)17-25-51(66)57-27-8-4-5-9-28-58-52(67)26-31-73-74-32-29-59-50(65)13-7-6-12-49-53-46(36-72-49)61-56(70)62-53/h14-25,33-35,37,39,46,49,53H,4-13,26-32,36H2,1-3H3,(H,57,66)(H,58,67)(H,59,65)(H2,61,62,70)/b25-17+,45-33+/t39?,46-,49-,53-/m0/s1. The Bertz CT molecular complexity index is 2620. The monoisotopic (exact) mass is 1060 g/mol. The first-order chi connectivity index (χ1) is 35.9. The number of aromatic nitrogens is 2. The number of amides is 6. The molecule has 6 amide bonds. The summed E-state index contributed by atoms with van der Waals surface area (Å²) in [6.07, 6.45) is 17.8. The molecule has 1 aromatic heterocycles. The van der Waals surface area contributed by atoms with Crippen LogP contribution in [0.4, 0.5) is 4.79 Å². The van der Waals surface area contributed by atoms with Crippen molar-refractivity contribution in [2.24, 2.45) is 0 Å². The smallest absolute Gasteiger partial charge is 0.315 e. The normalized spacial score (nSPS) is 18.2. The Kier molecular flexibility index (Phi) is 21.6. The zero-order chi connectivity index (χ0) is 52.2. The molecule has 5 N–H and O–H groups in total. The van der Waals surface area contributed by atoms with Crippen LogP contribution in [0.15, 0.2) is 90.9 Å². The van der Waals surface area contributed by atoms with Gasteiger partial charge in [-0.05, 0) is 93.3 Å². The maximum Gasteiger partial charge on any atom is 0.315 e. The number of benzene rings is 3. The van der Waals surface area contributed by atoms with Crippen molar-refractivity contribution in [2.75, 3.05) is 50.5 Å². The van der Waals surface area contributed by atoms with Crippen LogP contribution in [-0.2, 0) is 19.2 Å². The highest BCUT2D eigenvalue weighted by atomic mass is 33.1. The molecule has 4 heterocycles. The Hall–Kier alpha value is -5.98. The fraction of sp³-hybridized carbons (Fsp3) is 0.446. The Balaban J connectivity index is 0.702. The molecule has 0 bridgehead atoms. The van der Waals surface area contributed by atoms with Gasteiger partial charge in [-0.1, -0.05) is 95.4 Å². The van der Waals surface area contributed by atoms with Crippen molar-refractivity contribution < 1.29 is 33.5 Å². The predicted molar refractivity (Wildman–Crippen MR) is 299 cm³/mol. The van der Waals surface area contributed by atoms with Gasteiger partial charge in [-0.3, -0.25) is 24.0 Å². The number of unbranched alkanes of at least 4 members (excludes halogenated alkanes) is 4. The molecule has 74 heavy (non-hydrogen) atoms. The minimum atomic E-state index is -0.183. The van der Waals surface area contributed by atoms with Crippen LogP contribution >= 0.6 is 33.3 Å². The van der Waals surface area contributed by atoms with E-state index < -0.39 is 0 Å². The number of rotatable bonds is 28. The van der Waals surface area contributed by atoms with Gasteiger partial charge >= 0.3 is 6.03 Å². The van der Waals surface area contributed by atoms with Crippen molar-refractivity contribution in [1.29, 1.82) is 0 Å². The SMILES string of the molecule is COc1cc(/C=C2\CCCN(C(C)c3ccc(C(=O)c4ccc(/C=C/C(=O)NCCCCCCNC(=O)CCSSCCNC(=O)CCCC[C@@H]5SC[C@@H]6NC(=O)N[C@@H]65)cc4)cc3)C2=O)ccc1-n1cnc(C)c1. The summed E-state index contributed by atoms with van der Waals surface area (Å²) in [5, 5.41) is 15.3. The lowest BCUT2D eigenvalue weighted by Crippen LogP contribution is -2.38. The molecule has 394 valence electrons. The average molecular weight is 1060 g/mol. The first-order valence-corrected chi connectivity index (χ1v) is 29.4. The summed E-state index contributed by atoms with van der Waals surface area (Å²) >= 11 is 1.90. The number of nitrogens with one attached hydrogen (secondary N) is 5. The number of carbonyl (C=O) groups is 6. The number of fused-ring (bicyclic) bond motifs is 1. The second-order valence-electron chi connectivity index (χ2n) is 18.9. The number of nitrogens with zero attached hydrogens (tertiary/aromatic N) is 3. The first kappa shape index (κ1) is 55.8. The van der Waals surface area contributed by atoms with Gasteiger partial charge in [0.1, 0.15) is 5.75 Å². The van der Waals surface area contributed by atoms with E-state index >= 15 is 0 Å². The van der Waals surface area contributed by atoms with E-state index in [4.69, 9.17) is 4.74 Å². The third-order valence-corrected chi connectivity index (χ3v) is 17.4. The summed E-state index contributed by atoms with van der Waals surface area (Å²) in [6, 6.07) is 20.7. The number of methoxy groups -OCH3 is 1. The van der Waals surface area contributed by atoms with E-state index in [1.54, 1.807) is 53.2 Å². The number of aryl methyl sites for hydroxylation is 1. The summed E-state index contributed by atoms with van der Waals surface area (Å²) < 4.78 is 7.61. The number of ether oxygens (including phenoxy) is 1. The van der Waals surface area contributed by atoms with Gasteiger partial charge in [-0.25, -0.2) is 9.78 Å². The maximum absolute atomic E-state index is 13.8. The van der Waals surface area contributed by atoms with E-state index in [9.17, 15) is 28.8 Å². The molecule has 4 aromatic rings. The number of carbonyl (C=O) groups excluding carboxylic acids is 6. The highest BCUT2D eigenvalue weighted by Gasteiger charge is 2.42. The molecule has 3 saturated heterocycles. The van der Waals surface area contributed by atoms with Gasteiger partial charge in [0.15, 0.2) is 5.78 Å². The second kappa shape index (κ2) is 28.6. The van der Waals surface area contributed by atoms with Gasteiger partial charge in [0.2, 0.25) is 23.6 Å². The lowest BCUT2D eigenvalue weighted by Gasteiger charge is -2.34. The fourth-order valence-electron chi connectivity index (χ4n) is 9.30. The van der Waals surface area contributed by atoms with E-state index in [2.05, 4.69) is 31.6 Å². The lowest BCUT2D eigenvalue weighted by atomic mass is 9.96. The van der Waals surface area contributed by atoms with Gasteiger partial charge in [-0.2, -0.15) is 11.8 Å². The molecule has 1 unspecified atom stereocenters. The predicted octanol–water partition coefficient (Wildman–Crippen LogP) is 8.61. The van der Waals surface area contributed by atoms with Crippen LogP contribution in [0, 0.1) is 6.92 Å². The van der Waals surface area contributed by atoms with E-state index in [0.717, 1.165) is 96.5 Å². The number of likely N-dealkylation sites (tertiary alicyclic amines) is 1. The minimum absolute atomic E-state index is 0.00186. The molecule has 7 rings (SSSR count). The van der Waals surface area contributed by atoms with Gasteiger partial charge < -0.3 is 40.8 Å². The summed E-state index contributed by atoms with van der Waals surface area (Å²) in [5.74, 6) is 2.97. The molecule has 4 atom stereocenters. The van der Waals surface area contributed by atoms with Crippen LogP contribution in [0.25, 0.3) is 17.8 Å². The van der Waals surface area contributed by atoms with Gasteiger partial charge in [-0.15, -0.1) is 0 Å². The number of hydrogen-bond acceptors (Lipinski definition) is 11. The number of urea groups is 1. The van der Waals surface area contributed by atoms with E-state index in [0.29, 0.717) is 73.3 Å². The molecule has 18 heteroatoms. The van der Waals surface area contributed by atoms with Gasteiger partial charge in [0.05, 0.1) is 42.9 Å². The number of thioether (sulfide) groups is 1. The molecule has 3 aromatic carbocycles. The van der Waals surface area contributed by atoms with E-state index in [-0.39, 0.29) is 53.6 Å². The second-order valence-corrected chi connectivity index (χ2v) is 22.8. The van der Waals surface area contributed by atoms with E-state index in [1.807, 2.05) is 102 Å². The van der Waals surface area contributed by atoms with Crippen LogP contribution < -0.4 is 31.3 Å². The van der Waals surface area contributed by atoms with Crippen molar-refractivity contribution in [3.05, 3.63) is 124 Å². The molecule has 0 radical (unpaired) electrons. The quantitative estimate of drug-likeness (QED) is 0.0120. The molecular weight excluding hydrogens is 993 g/mol. The summed E-state index contributed by atoms with van der Waals surface area (Å²) in [7, 11) is 4.94. The third-order valence-electron chi connectivity index (χ3n) is 13.4. The zero-order valence-corrected chi connectivity index (χ0v) is 45.1. The van der Waals surface area contributed by atoms with Crippen LogP contribution in [-0.4, -0.2) is 118 Å². The molecular formula is C56H70N8O7S3. The molecule has 3 aliphatic rings. The van der Waals surface area contributed by atoms with E-state index in [1.165, 1.54) is 6.08 Å². The summed E-state index contributed by atoms with van der Waals surface area (Å²) in [4.78, 5) is 81.9. The minimum Gasteiger partial charge on any atom is -0.495 e. The van der Waals surface area contributed by atoms with Crippen LogP contribution in [0.3, 0.4) is 0 Å². The van der Waals surface area contributed by atoms with Crippen molar-refractivity contribution in [3.63, 3.8) is 0 Å². The van der Waals surface area contributed by atoms with Crippen molar-refractivity contribution in [2.45, 2.75) is 108 Å². The molecule has 15 nitrogen and oxygen atoms in total. The molecule has 0 aliphatic carbocycles. The van der Waals surface area contributed by atoms with Crippen molar-refractivity contribution >= 4 is 80.9 Å². The molecule has 3 aliphatic heterocycles. The summed E-state index contributed by atoms with van der Waals surface area (Å²) in [6.45, 7) is 6.41. The molecule has 0 saturated carbocycles. The highest BCUT2D eigenvalue weighted by Crippen LogP contribution is 2.34. The molecule has 3 fully saturated rings. The summed E-state index contributed by atoms with van der Waals surface area (Å²) in [5.41, 5.74) is 6.26. The largest absolute Gasteiger partial charge is 0.495 e. The van der Waals surface area contributed by atoms with Crippen molar-refractivity contribution in [3.8, 4) is 11.4 Å². The zero-order valence-electron chi connectivity index (χ0n) is 42.7. The van der Waals surface area contributed by atoms with Gasteiger partial charge in [0.25, 0.3) is 0 Å². The number of imidazole rings is 1. The maximum atomic E-state index is 13.8. The van der Waals surface area contributed by atoms with Crippen LogP contribution in [0.5, 0.6) is 5.75 Å². The number of piperidine rings is 1. The Labute approximate surface area is 447 Å². The Morgan fingerprint density at radius 2 is 1.54 bits per heavy atom. The third kappa shape index (κ3) is 16.5. The highest BCUT2D eigenvalue weighted by molar-refractivity contribution is 8.76. The first-order valence-electron chi connectivity index (χ1n) is 25.8. The van der Waals surface area contributed by atoms with Crippen LogP contribution in [0.1, 0.15) is 122 Å². The van der Waals surface area contributed by atoms with Crippen molar-refractivity contribution in [1.82, 2.24) is 41.0 Å². The number of ketones is 1. The fourth-order valence-corrected chi connectivity index (χ4v) is 12.7. The average Bonchev–Trinajstić information content (AvgIpc) is 4.13. The topological polar surface area (TPSA) is 193 Å². The van der Waals surface area contributed by atoms with Gasteiger partial charge in [0, 0.05) is 90.5 Å². The van der Waals surface area contributed by atoms with Crippen LogP contribution in [0.2, 0.25) is 0 Å². The Morgan fingerprint density at radius 1 is 0.838 bits per heavy atom. The Morgan fingerprint density at radius 3 is 2.28 bits per heavy atom. The lowest BCUT2D eigenvalue weighted by molar-refractivity contribution is -0.130. The molecule has 0 spiro atoms.